The summed E-state index contributed by atoms with van der Waals surface area (Å²) < 4.78 is 13.4. The van der Waals surface area contributed by atoms with Crippen molar-refractivity contribution in [1.29, 1.82) is 0 Å². The minimum Gasteiger partial charge on any atom is -0.295 e. The van der Waals surface area contributed by atoms with Gasteiger partial charge in [0.25, 0.3) is 5.91 Å². The maximum Gasteiger partial charge on any atom is 0.277 e. The molecule has 0 atom stereocenters. The van der Waals surface area contributed by atoms with Crippen LogP contribution in [0.3, 0.4) is 0 Å². The largest absolute Gasteiger partial charge is 0.295 e. The minimum absolute atomic E-state index is 0.212. The van der Waals surface area contributed by atoms with Crippen molar-refractivity contribution in [3.63, 3.8) is 0 Å². The van der Waals surface area contributed by atoms with Gasteiger partial charge in [-0.25, -0.2) is 14.4 Å². The number of aryl methyl sites for hydroxylation is 1. The fraction of sp³-hybridized carbons (Fsp3) is 0.133. The van der Waals surface area contributed by atoms with Gasteiger partial charge in [-0.15, -0.1) is 10.2 Å². The number of halogens is 2. The Labute approximate surface area is 159 Å². The Hall–Kier alpha value is -1.91. The number of anilines is 1. The van der Waals surface area contributed by atoms with Crippen LogP contribution in [0, 0.1) is 12.7 Å². The number of aromatic nitrogens is 4. The van der Waals surface area contributed by atoms with E-state index in [1.807, 2.05) is 0 Å². The Morgan fingerprint density at radius 3 is 2.76 bits per heavy atom. The summed E-state index contributed by atoms with van der Waals surface area (Å²) in [4.78, 5) is 20.8. The Kier molecular flexibility index (Phi) is 5.71. The molecule has 25 heavy (non-hydrogen) atoms. The highest BCUT2D eigenvalue weighted by Gasteiger charge is 2.16. The first-order chi connectivity index (χ1) is 12.0. The van der Waals surface area contributed by atoms with E-state index in [-0.39, 0.29) is 11.5 Å². The highest BCUT2D eigenvalue weighted by atomic mass is 79.9. The van der Waals surface area contributed by atoms with E-state index in [4.69, 9.17) is 0 Å². The Balaban J connectivity index is 1.71. The van der Waals surface area contributed by atoms with Crippen LogP contribution in [0.5, 0.6) is 0 Å². The number of nitrogens with one attached hydrogen (secondary N) is 1. The molecule has 6 nitrogen and oxygen atoms in total. The van der Waals surface area contributed by atoms with Crippen molar-refractivity contribution in [2.75, 3.05) is 5.32 Å². The van der Waals surface area contributed by atoms with E-state index in [1.54, 1.807) is 19.1 Å². The smallest absolute Gasteiger partial charge is 0.277 e. The van der Waals surface area contributed by atoms with Gasteiger partial charge in [0.2, 0.25) is 5.13 Å². The lowest BCUT2D eigenvalue weighted by atomic mass is 10.2. The molecule has 2 aromatic heterocycles. The third-order valence-corrected chi connectivity index (χ3v) is 5.23. The molecular weight excluding hydrogens is 429 g/mol. The van der Waals surface area contributed by atoms with Crippen molar-refractivity contribution in [1.82, 2.24) is 20.2 Å². The Bertz CT molecular complexity index is 903. The Morgan fingerprint density at radius 2 is 2.08 bits per heavy atom. The van der Waals surface area contributed by atoms with E-state index in [2.05, 4.69) is 41.4 Å². The van der Waals surface area contributed by atoms with Crippen LogP contribution in [-0.2, 0) is 5.75 Å². The van der Waals surface area contributed by atoms with Gasteiger partial charge < -0.3 is 0 Å². The molecule has 0 aliphatic heterocycles. The lowest BCUT2D eigenvalue weighted by Gasteiger charge is -2.06. The van der Waals surface area contributed by atoms with E-state index >= 15 is 0 Å². The zero-order valence-corrected chi connectivity index (χ0v) is 16.1. The van der Waals surface area contributed by atoms with Crippen LogP contribution < -0.4 is 5.32 Å². The molecule has 2 heterocycles. The molecule has 10 heteroatoms. The number of benzene rings is 1. The molecule has 0 aliphatic rings. The molecule has 3 aromatic rings. The van der Waals surface area contributed by atoms with Crippen LogP contribution in [0.25, 0.3) is 0 Å². The SMILES string of the molecule is Cc1nnc(NC(=O)c2nc(SCc3ccc(F)cc3)ncc2Br)s1. The molecule has 128 valence electrons. The second-order valence-corrected chi connectivity index (χ2v) is 7.82. The zero-order chi connectivity index (χ0) is 17.8. The van der Waals surface area contributed by atoms with Gasteiger partial charge in [-0.05, 0) is 40.5 Å². The average Bonchev–Trinajstić information content (AvgIpc) is 3.00. The van der Waals surface area contributed by atoms with Crippen molar-refractivity contribution in [2.45, 2.75) is 17.8 Å². The predicted octanol–water partition coefficient (Wildman–Crippen LogP) is 4.08. The van der Waals surface area contributed by atoms with Crippen LogP contribution in [0.2, 0.25) is 0 Å². The second kappa shape index (κ2) is 7.98. The topological polar surface area (TPSA) is 80.7 Å². The van der Waals surface area contributed by atoms with Gasteiger partial charge in [0.05, 0.1) is 4.47 Å². The van der Waals surface area contributed by atoms with E-state index in [0.29, 0.717) is 20.5 Å². The number of nitrogens with zero attached hydrogens (tertiary/aromatic N) is 4. The van der Waals surface area contributed by atoms with Crippen LogP contribution in [0.15, 0.2) is 40.1 Å². The number of rotatable bonds is 5. The number of carbonyl (C=O) groups excluding carboxylic acids is 1. The van der Waals surface area contributed by atoms with Crippen molar-refractivity contribution >= 4 is 50.1 Å². The molecule has 0 unspecified atom stereocenters. The molecule has 0 radical (unpaired) electrons. The van der Waals surface area contributed by atoms with Gasteiger partial charge in [0.15, 0.2) is 5.16 Å². The number of carbonyl (C=O) groups is 1. The molecule has 1 amide bonds. The lowest BCUT2D eigenvalue weighted by molar-refractivity contribution is 0.102. The van der Waals surface area contributed by atoms with Crippen LogP contribution in [-0.4, -0.2) is 26.1 Å². The fourth-order valence-electron chi connectivity index (χ4n) is 1.81. The molecule has 0 bridgehead atoms. The Morgan fingerprint density at radius 1 is 1.32 bits per heavy atom. The number of amides is 1. The van der Waals surface area contributed by atoms with E-state index < -0.39 is 5.91 Å². The number of thioether (sulfide) groups is 1. The van der Waals surface area contributed by atoms with Crippen molar-refractivity contribution in [3.8, 4) is 0 Å². The summed E-state index contributed by atoms with van der Waals surface area (Å²) in [6.07, 6.45) is 1.53. The quantitative estimate of drug-likeness (QED) is 0.476. The molecular formula is C15H11BrFN5OS2. The number of hydrogen-bond donors (Lipinski definition) is 1. The van der Waals surface area contributed by atoms with Gasteiger partial charge in [0.1, 0.15) is 16.5 Å². The fourth-order valence-corrected chi connectivity index (χ4v) is 3.54. The third kappa shape index (κ3) is 4.80. The molecule has 0 saturated carbocycles. The second-order valence-electron chi connectivity index (χ2n) is 4.84. The first-order valence-corrected chi connectivity index (χ1v) is 9.62. The summed E-state index contributed by atoms with van der Waals surface area (Å²) in [5.41, 5.74) is 1.15. The molecule has 0 fully saturated rings. The first-order valence-electron chi connectivity index (χ1n) is 7.02. The van der Waals surface area contributed by atoms with E-state index in [9.17, 15) is 9.18 Å². The molecule has 0 saturated heterocycles. The van der Waals surface area contributed by atoms with Crippen LogP contribution in [0.4, 0.5) is 9.52 Å². The zero-order valence-electron chi connectivity index (χ0n) is 12.9. The minimum atomic E-state index is -0.394. The van der Waals surface area contributed by atoms with Gasteiger partial charge in [-0.1, -0.05) is 35.2 Å². The number of hydrogen-bond acceptors (Lipinski definition) is 7. The monoisotopic (exact) mass is 439 g/mol. The summed E-state index contributed by atoms with van der Waals surface area (Å²) >= 11 is 5.92. The normalized spacial score (nSPS) is 10.7. The molecule has 0 spiro atoms. The lowest BCUT2D eigenvalue weighted by Crippen LogP contribution is -2.15. The van der Waals surface area contributed by atoms with Gasteiger partial charge in [0, 0.05) is 11.9 Å². The van der Waals surface area contributed by atoms with Gasteiger partial charge in [-0.3, -0.25) is 10.1 Å². The summed E-state index contributed by atoms with van der Waals surface area (Å²) in [5, 5.41) is 12.0. The molecule has 0 aliphatic carbocycles. The third-order valence-electron chi connectivity index (χ3n) is 2.96. The average molecular weight is 440 g/mol. The van der Waals surface area contributed by atoms with Crippen molar-refractivity contribution in [2.24, 2.45) is 0 Å². The maximum atomic E-state index is 12.9. The maximum absolute atomic E-state index is 12.9. The standard InChI is InChI=1S/C15H11BrFN5OS2/c1-8-21-22-15(25-8)20-13(23)12-11(16)6-18-14(19-12)24-7-9-2-4-10(17)5-3-9/h2-6H,7H2,1H3,(H,20,22,23). The summed E-state index contributed by atoms with van der Waals surface area (Å²) in [5.74, 6) is -0.105. The van der Waals surface area contributed by atoms with Crippen LogP contribution >= 0.6 is 39.0 Å². The summed E-state index contributed by atoms with van der Waals surface area (Å²) in [6, 6.07) is 6.21. The van der Waals surface area contributed by atoms with E-state index in [0.717, 1.165) is 10.6 Å². The van der Waals surface area contributed by atoms with Crippen molar-refractivity contribution in [3.05, 3.63) is 57.0 Å². The molecule has 3 rings (SSSR count). The first kappa shape index (κ1) is 17.9. The van der Waals surface area contributed by atoms with E-state index in [1.165, 1.54) is 41.4 Å². The summed E-state index contributed by atoms with van der Waals surface area (Å²) in [6.45, 7) is 1.80. The highest BCUT2D eigenvalue weighted by molar-refractivity contribution is 9.10. The van der Waals surface area contributed by atoms with Crippen molar-refractivity contribution < 1.29 is 9.18 Å². The van der Waals surface area contributed by atoms with Crippen LogP contribution in [0.1, 0.15) is 21.1 Å². The highest BCUT2D eigenvalue weighted by Crippen LogP contribution is 2.23. The molecule has 1 aromatic carbocycles. The van der Waals surface area contributed by atoms with Gasteiger partial charge >= 0.3 is 0 Å². The molecule has 1 N–H and O–H groups in total. The van der Waals surface area contributed by atoms with Gasteiger partial charge in [-0.2, -0.15) is 0 Å². The summed E-state index contributed by atoms with van der Waals surface area (Å²) in [7, 11) is 0. The predicted molar refractivity (Wildman–Crippen MR) is 98.3 cm³/mol.